The maximum absolute atomic E-state index is 11.1. The van der Waals surface area contributed by atoms with E-state index in [1.54, 1.807) is 37.0 Å². The lowest BCUT2D eigenvalue weighted by Gasteiger charge is -2.15. The molecule has 12 aromatic heterocycles. The molecule has 0 bridgehead atoms. The number of alkyl halides is 1. The molecular formula is C94H113BrN28O9S. The highest BCUT2D eigenvalue weighted by Gasteiger charge is 2.21. The molecule has 0 unspecified atom stereocenters. The lowest BCUT2D eigenvalue weighted by atomic mass is 10.2. The van der Waals surface area contributed by atoms with Crippen molar-refractivity contribution in [3.63, 3.8) is 0 Å². The van der Waals surface area contributed by atoms with Gasteiger partial charge in [0.2, 0.25) is 23.8 Å². The summed E-state index contributed by atoms with van der Waals surface area (Å²) in [7, 11) is -3.48. The Morgan fingerprint density at radius 1 is 0.368 bits per heavy atom. The Balaban J connectivity index is 0.000000128. The highest BCUT2D eigenvalue weighted by molar-refractivity contribution is 9.09. The van der Waals surface area contributed by atoms with Crippen LogP contribution in [0.4, 0.5) is 46.5 Å². The van der Waals surface area contributed by atoms with Gasteiger partial charge in [0.05, 0.1) is 86.7 Å². The zero-order chi connectivity index (χ0) is 91.3. The summed E-state index contributed by atoms with van der Waals surface area (Å²) in [6.07, 6.45) is 27.2. The molecule has 39 heteroatoms. The van der Waals surface area contributed by atoms with Gasteiger partial charge in [0.25, 0.3) is 10.1 Å². The van der Waals surface area contributed by atoms with E-state index in [0.717, 1.165) is 166 Å². The fraction of sp³-hybridized carbons (Fsp3) is 0.362. The van der Waals surface area contributed by atoms with Gasteiger partial charge < -0.3 is 50.4 Å². The van der Waals surface area contributed by atoms with Crippen molar-refractivity contribution in [3.8, 4) is 68.0 Å². The number of aromatic amines is 1. The number of halogens is 1. The van der Waals surface area contributed by atoms with Gasteiger partial charge in [-0.3, -0.25) is 42.9 Å². The Hall–Kier alpha value is -13.3. The van der Waals surface area contributed by atoms with Crippen LogP contribution in [0, 0.1) is 0 Å². The van der Waals surface area contributed by atoms with Gasteiger partial charge in [0, 0.05) is 108 Å². The average Bonchev–Trinajstić information content (AvgIpc) is 1.66. The van der Waals surface area contributed by atoms with Crippen LogP contribution in [0.25, 0.3) is 67.6 Å². The number of aryl methyl sites for hydroxylation is 1. The highest BCUT2D eigenvalue weighted by Crippen LogP contribution is 2.30. The Labute approximate surface area is 779 Å². The Morgan fingerprint density at radius 3 is 0.932 bits per heavy atom. The lowest BCUT2D eigenvalue weighted by molar-refractivity contribution is 0.237. The highest BCUT2D eigenvalue weighted by atomic mass is 79.9. The molecule has 16 heterocycles. The van der Waals surface area contributed by atoms with E-state index in [0.29, 0.717) is 61.1 Å². The number of ether oxygens (including phenoxy) is 4. The molecule has 4 aromatic carbocycles. The number of aliphatic hydroxyl groups excluding tert-OH is 2. The molecule has 20 rings (SSSR count). The second-order valence-electron chi connectivity index (χ2n) is 32.3. The van der Waals surface area contributed by atoms with Crippen LogP contribution >= 0.6 is 15.9 Å². The molecule has 0 spiro atoms. The summed E-state index contributed by atoms with van der Waals surface area (Å²) in [5.74, 6) is 5.54. The predicted molar refractivity (Wildman–Crippen MR) is 516 cm³/mol. The molecule has 0 amide bonds. The van der Waals surface area contributed by atoms with E-state index in [4.69, 9.17) is 33.3 Å². The van der Waals surface area contributed by atoms with Crippen LogP contribution in [0.1, 0.15) is 64.7 Å². The van der Waals surface area contributed by atoms with Gasteiger partial charge in [-0.1, -0.05) is 47.1 Å². The van der Waals surface area contributed by atoms with Crippen molar-refractivity contribution in [3.05, 3.63) is 219 Å². The first-order valence-corrected chi connectivity index (χ1v) is 48.2. The molecule has 0 radical (unpaired) electrons. The van der Waals surface area contributed by atoms with E-state index >= 15 is 0 Å². The molecule has 0 saturated carbocycles. The number of likely N-dealkylation sites (tertiary alicyclic amines) is 4. The van der Waals surface area contributed by atoms with E-state index in [2.05, 4.69) is 136 Å². The molecular weight excluding hydrogens is 1780 g/mol. The maximum atomic E-state index is 11.1. The SMILES string of the molecule is CCCn1cc(-c2cccc3nc(Nc4ccc(OCCN5CCCC5)cc4)nn23)cn1.CS(=O)(=O)OCCn1cc(-c2cccc3nc(Nc4ccc(OCCN5CCCC5)cc4)nn23)cn1.OCCBr.OCCn1cc(-c2cccc3nc(Nc4ccc(OCCN5CCCC5)cc4)nn23)cn1.c1cc(-c2cn[nH]c2)n2nc(Nc3ccc(OCCN4CCCC4)cc3)nc2c1. The number of aromatic nitrogens is 20. The number of pyridine rings is 4. The molecule has 4 fully saturated rings. The summed E-state index contributed by atoms with van der Waals surface area (Å²) >= 11 is 3.00. The number of rotatable bonds is 37. The number of nitrogens with one attached hydrogen (secondary N) is 5. The first kappa shape index (κ1) is 93.0. The summed E-state index contributed by atoms with van der Waals surface area (Å²) in [5.41, 5.74) is 13.9. The molecule has 0 aliphatic carbocycles. The van der Waals surface area contributed by atoms with Crippen molar-refractivity contribution in [2.24, 2.45) is 0 Å². The van der Waals surface area contributed by atoms with Crippen LogP contribution in [0.5, 0.6) is 23.0 Å². The van der Waals surface area contributed by atoms with Gasteiger partial charge in [-0.15, -0.1) is 20.4 Å². The van der Waals surface area contributed by atoms with E-state index < -0.39 is 10.1 Å². The van der Waals surface area contributed by atoms with Crippen LogP contribution in [-0.4, -0.2) is 273 Å². The van der Waals surface area contributed by atoms with Gasteiger partial charge in [-0.2, -0.15) is 48.7 Å². The minimum absolute atomic E-state index is 0.0177. The molecule has 4 aliphatic rings. The van der Waals surface area contributed by atoms with Crippen molar-refractivity contribution in [1.82, 2.24) is 118 Å². The minimum Gasteiger partial charge on any atom is -0.492 e. The van der Waals surface area contributed by atoms with Crippen molar-refractivity contribution in [2.45, 2.75) is 84.3 Å². The van der Waals surface area contributed by atoms with Crippen molar-refractivity contribution < 1.29 is 41.8 Å². The third kappa shape index (κ3) is 26.6. The fourth-order valence-electron chi connectivity index (χ4n) is 15.8. The number of H-pyrrole nitrogens is 1. The van der Waals surface area contributed by atoms with E-state index in [9.17, 15) is 8.42 Å². The van der Waals surface area contributed by atoms with Gasteiger partial charge >= 0.3 is 0 Å². The summed E-state index contributed by atoms with van der Waals surface area (Å²) in [5, 5.41) is 69.1. The first-order valence-electron chi connectivity index (χ1n) is 45.3. The van der Waals surface area contributed by atoms with E-state index in [1.165, 1.54) is 104 Å². The number of fused-ring (bicyclic) bond motifs is 4. The van der Waals surface area contributed by atoms with Crippen LogP contribution in [-0.2, 0) is 33.9 Å². The monoisotopic (exact) mass is 1890 g/mol. The number of anilines is 8. The molecule has 696 valence electrons. The van der Waals surface area contributed by atoms with E-state index in [1.807, 2.05) is 208 Å². The molecule has 37 nitrogen and oxygen atoms in total. The van der Waals surface area contributed by atoms with Crippen molar-refractivity contribution in [2.75, 3.05) is 158 Å². The summed E-state index contributed by atoms with van der Waals surface area (Å²) in [6.45, 7) is 20.4. The zero-order valence-electron chi connectivity index (χ0n) is 74.7. The molecule has 133 heavy (non-hydrogen) atoms. The van der Waals surface area contributed by atoms with Crippen LogP contribution in [0.3, 0.4) is 0 Å². The normalized spacial score (nSPS) is 14.2. The molecule has 7 N–H and O–H groups in total. The third-order valence-corrected chi connectivity index (χ3v) is 23.4. The third-order valence-electron chi connectivity index (χ3n) is 22.4. The van der Waals surface area contributed by atoms with Gasteiger partial charge in [-0.25, -0.2) is 18.1 Å². The molecule has 0 atom stereocenters. The number of aliphatic hydroxyl groups is 2. The second kappa shape index (κ2) is 46.7. The minimum atomic E-state index is -3.48. The van der Waals surface area contributed by atoms with E-state index in [-0.39, 0.29) is 19.8 Å². The summed E-state index contributed by atoms with van der Waals surface area (Å²) in [6, 6.07) is 54.9. The number of hydrogen-bond acceptors (Lipinski definition) is 29. The molecule has 4 aliphatic heterocycles. The Morgan fingerprint density at radius 2 is 0.662 bits per heavy atom. The summed E-state index contributed by atoms with van der Waals surface area (Å²) in [4.78, 5) is 28.1. The lowest BCUT2D eigenvalue weighted by Crippen LogP contribution is -2.25. The first-order chi connectivity index (χ1) is 65.3. The average molecular weight is 1890 g/mol. The van der Waals surface area contributed by atoms with Crippen LogP contribution in [0.15, 0.2) is 219 Å². The van der Waals surface area contributed by atoms with Crippen LogP contribution in [0.2, 0.25) is 0 Å². The topological polar surface area (TPSA) is 385 Å². The molecule has 16 aromatic rings. The van der Waals surface area contributed by atoms with Gasteiger partial charge in [0.1, 0.15) is 49.4 Å². The largest absolute Gasteiger partial charge is 0.492 e. The predicted octanol–water partition coefficient (Wildman–Crippen LogP) is 13.5. The second-order valence-corrected chi connectivity index (χ2v) is 34.7. The Bertz CT molecular complexity index is 6190. The maximum Gasteiger partial charge on any atom is 0.264 e. The number of benzene rings is 4. The van der Waals surface area contributed by atoms with Gasteiger partial charge in [-0.05, 0) is 256 Å². The quantitative estimate of drug-likeness (QED) is 0.0140. The summed E-state index contributed by atoms with van der Waals surface area (Å²) < 4.78 is 63.1. The zero-order valence-corrected chi connectivity index (χ0v) is 77.1. The number of nitrogens with zero attached hydrogens (tertiary/aromatic N) is 23. The fourth-order valence-corrected chi connectivity index (χ4v) is 16.2. The molecule has 4 saturated heterocycles. The van der Waals surface area contributed by atoms with Crippen LogP contribution < -0.4 is 40.2 Å². The smallest absolute Gasteiger partial charge is 0.264 e. The van der Waals surface area contributed by atoms with Crippen molar-refractivity contribution >= 4 is 95.2 Å². The van der Waals surface area contributed by atoms with Crippen molar-refractivity contribution in [1.29, 1.82) is 0 Å². The standard InChI is InChI=1S/C24H29N7O4S.C24H29N7O.C23H27N7O2.C21H23N7O.C2H5BrO/c1-36(32,33)35-16-14-30-18-19(17-25-30)22-5-4-6-23-27-24(28-31(22)23)26-20-7-9-21(10-8-20)34-15-13-29-11-2-3-12-29;1-2-12-30-18-19(17-25-30)22-6-5-7-23-27-24(28-31(22)23)26-20-8-10-21(11-9-20)32-16-15-29-13-3-4-14-29;31-14-12-29-17-18(16-24-29)21-4-3-5-22-26-23(27-30(21)22)25-19-6-8-20(9-7-19)32-15-13-28-10-1-2-11-28;1-2-11-27(10-1)12-13-29-18-8-6-17(7-9-18)24-21-25-20-5-3-4-19(28(20)26-21)16-14-22-23-15-16;3-1-2-4/h4-10,17-18H,2-3,11-16H2,1H3,(H,26,28);5-11,17-18H,2-4,12-16H2,1H3,(H,26,28);3-9,16-17,31H,1-2,10-15H2,(H,25,27);3-9,14-15H,1-2,10-13H2,(H,22,23)(H,24,26);4H,1-2H2. The Kier molecular flexibility index (Phi) is 32.7. The van der Waals surface area contributed by atoms with Gasteiger partial charge in [0.15, 0.2) is 22.6 Å². The number of hydrogen-bond donors (Lipinski definition) is 7.